The summed E-state index contributed by atoms with van der Waals surface area (Å²) in [5.74, 6) is 0.499. The minimum Gasteiger partial charge on any atom is -0.462 e. The largest absolute Gasteiger partial charge is 0.462 e. The lowest BCUT2D eigenvalue weighted by molar-refractivity contribution is -0.151. The summed E-state index contributed by atoms with van der Waals surface area (Å²) < 4.78 is 5.62. The summed E-state index contributed by atoms with van der Waals surface area (Å²) in [5.41, 5.74) is 0. The Morgan fingerprint density at radius 1 is 0.944 bits per heavy atom. The van der Waals surface area contributed by atoms with E-state index in [9.17, 15) is 4.79 Å². The molecule has 0 aromatic heterocycles. The molecule has 18 heavy (non-hydrogen) atoms. The highest BCUT2D eigenvalue weighted by Gasteiger charge is 2.20. The monoisotopic (exact) mass is 254 g/mol. The van der Waals surface area contributed by atoms with Crippen molar-refractivity contribution in [2.45, 2.75) is 90.6 Å². The maximum atomic E-state index is 11.5. The van der Waals surface area contributed by atoms with Crippen LogP contribution < -0.4 is 0 Å². The van der Waals surface area contributed by atoms with Crippen molar-refractivity contribution in [3.8, 4) is 0 Å². The van der Waals surface area contributed by atoms with Crippen LogP contribution in [0, 0.1) is 5.92 Å². The molecule has 0 heterocycles. The molecule has 0 spiro atoms. The van der Waals surface area contributed by atoms with E-state index in [0.717, 1.165) is 6.42 Å². The lowest BCUT2D eigenvalue weighted by Gasteiger charge is -2.24. The van der Waals surface area contributed by atoms with Crippen LogP contribution in [0.4, 0.5) is 0 Å². The van der Waals surface area contributed by atoms with Gasteiger partial charge in [-0.2, -0.15) is 0 Å². The molecule has 0 radical (unpaired) electrons. The van der Waals surface area contributed by atoms with E-state index in [1.54, 1.807) is 0 Å². The topological polar surface area (TPSA) is 26.3 Å². The SMILES string of the molecule is CCC(=O)OC1CCCCCCCCCC[C@H]1C. The number of rotatable bonds is 2. The molecule has 0 aliphatic heterocycles. The van der Waals surface area contributed by atoms with Gasteiger partial charge in [0.05, 0.1) is 0 Å². The molecule has 1 aliphatic rings. The van der Waals surface area contributed by atoms with Crippen LogP contribution in [0.5, 0.6) is 0 Å². The lowest BCUT2D eigenvalue weighted by Crippen LogP contribution is -2.25. The van der Waals surface area contributed by atoms with Crippen molar-refractivity contribution in [2.24, 2.45) is 5.92 Å². The van der Waals surface area contributed by atoms with Crippen molar-refractivity contribution in [1.82, 2.24) is 0 Å². The first-order chi connectivity index (χ1) is 8.74. The Morgan fingerprint density at radius 2 is 1.44 bits per heavy atom. The summed E-state index contributed by atoms with van der Waals surface area (Å²) in [6.45, 7) is 4.13. The first-order valence-electron chi connectivity index (χ1n) is 7.93. The van der Waals surface area contributed by atoms with E-state index in [4.69, 9.17) is 4.74 Å². The molecule has 1 aliphatic carbocycles. The number of carbonyl (C=O) groups excluding carboxylic acids is 1. The van der Waals surface area contributed by atoms with Gasteiger partial charge in [0.2, 0.25) is 0 Å². The summed E-state index contributed by atoms with van der Waals surface area (Å²) in [6.07, 6.45) is 13.6. The van der Waals surface area contributed by atoms with Crippen molar-refractivity contribution in [3.63, 3.8) is 0 Å². The smallest absolute Gasteiger partial charge is 0.305 e. The Hall–Kier alpha value is -0.530. The van der Waals surface area contributed by atoms with Crippen LogP contribution in [0.3, 0.4) is 0 Å². The van der Waals surface area contributed by atoms with Gasteiger partial charge >= 0.3 is 5.97 Å². The fourth-order valence-corrected chi connectivity index (χ4v) is 2.77. The highest BCUT2D eigenvalue weighted by atomic mass is 16.5. The Bertz CT molecular complexity index is 225. The summed E-state index contributed by atoms with van der Waals surface area (Å²) in [5, 5.41) is 0. The van der Waals surface area contributed by atoms with Gasteiger partial charge in [0.1, 0.15) is 6.10 Å². The van der Waals surface area contributed by atoms with Crippen LogP contribution >= 0.6 is 0 Å². The summed E-state index contributed by atoms with van der Waals surface area (Å²) in [6, 6.07) is 0. The van der Waals surface area contributed by atoms with Gasteiger partial charge in [-0.1, -0.05) is 58.8 Å². The number of esters is 1. The van der Waals surface area contributed by atoms with Gasteiger partial charge in [-0.25, -0.2) is 0 Å². The third kappa shape index (κ3) is 6.42. The molecule has 1 unspecified atom stereocenters. The Labute approximate surface area is 112 Å². The van der Waals surface area contributed by atoms with Crippen LogP contribution in [0.2, 0.25) is 0 Å². The zero-order valence-electron chi connectivity index (χ0n) is 12.2. The average molecular weight is 254 g/mol. The van der Waals surface area contributed by atoms with Crippen LogP contribution in [-0.4, -0.2) is 12.1 Å². The third-order valence-electron chi connectivity index (χ3n) is 4.10. The van der Waals surface area contributed by atoms with Gasteiger partial charge in [-0.15, -0.1) is 0 Å². The van der Waals surface area contributed by atoms with E-state index in [1.807, 2.05) is 6.92 Å². The Balaban J connectivity index is 2.44. The molecule has 106 valence electrons. The van der Waals surface area contributed by atoms with Crippen molar-refractivity contribution >= 4 is 5.97 Å². The quantitative estimate of drug-likeness (QED) is 0.658. The van der Waals surface area contributed by atoms with Crippen LogP contribution in [0.1, 0.15) is 84.5 Å². The summed E-state index contributed by atoms with van der Waals surface area (Å²) in [7, 11) is 0. The van der Waals surface area contributed by atoms with E-state index in [2.05, 4.69) is 6.92 Å². The first-order valence-corrected chi connectivity index (χ1v) is 7.93. The zero-order chi connectivity index (χ0) is 13.2. The van der Waals surface area contributed by atoms with Crippen molar-refractivity contribution in [1.29, 1.82) is 0 Å². The van der Waals surface area contributed by atoms with Crippen LogP contribution in [-0.2, 0) is 9.53 Å². The molecule has 0 saturated heterocycles. The van der Waals surface area contributed by atoms with Crippen LogP contribution in [0.25, 0.3) is 0 Å². The van der Waals surface area contributed by atoms with Crippen LogP contribution in [0.15, 0.2) is 0 Å². The number of carbonyl (C=O) groups is 1. The average Bonchev–Trinajstić information content (AvgIpc) is 2.37. The van der Waals surface area contributed by atoms with Crippen molar-refractivity contribution < 1.29 is 9.53 Å². The van der Waals surface area contributed by atoms with Gasteiger partial charge in [-0.05, 0) is 25.2 Å². The van der Waals surface area contributed by atoms with E-state index >= 15 is 0 Å². The fourth-order valence-electron chi connectivity index (χ4n) is 2.77. The Morgan fingerprint density at radius 3 is 2.00 bits per heavy atom. The molecular weight excluding hydrogens is 224 g/mol. The highest BCUT2D eigenvalue weighted by molar-refractivity contribution is 5.69. The molecule has 1 rings (SSSR count). The van der Waals surface area contributed by atoms with E-state index in [-0.39, 0.29) is 12.1 Å². The predicted octanol–water partition coefficient (Wildman–Crippen LogP) is 4.86. The minimum absolute atomic E-state index is 0.0288. The van der Waals surface area contributed by atoms with Gasteiger partial charge in [-0.3, -0.25) is 4.79 Å². The van der Waals surface area contributed by atoms with E-state index in [0.29, 0.717) is 12.3 Å². The maximum Gasteiger partial charge on any atom is 0.305 e. The molecular formula is C16H30O2. The molecule has 0 amide bonds. The van der Waals surface area contributed by atoms with Gasteiger partial charge < -0.3 is 4.74 Å². The number of hydrogen-bond acceptors (Lipinski definition) is 2. The number of hydrogen-bond donors (Lipinski definition) is 0. The fraction of sp³-hybridized carbons (Fsp3) is 0.938. The standard InChI is InChI=1S/C16H30O2/c1-3-16(17)18-15-13-11-9-7-5-4-6-8-10-12-14(15)2/h14-15H,3-13H2,1-2H3/t14-,15?/m1/s1. The second-order valence-electron chi connectivity index (χ2n) is 5.76. The molecule has 0 bridgehead atoms. The molecule has 2 nitrogen and oxygen atoms in total. The number of ether oxygens (including phenoxy) is 1. The Kier molecular flexibility index (Phi) is 8.11. The predicted molar refractivity (Wildman–Crippen MR) is 75.5 cm³/mol. The second kappa shape index (κ2) is 9.41. The zero-order valence-corrected chi connectivity index (χ0v) is 12.2. The van der Waals surface area contributed by atoms with E-state index < -0.39 is 0 Å². The molecule has 2 atom stereocenters. The maximum absolute atomic E-state index is 11.5. The van der Waals surface area contributed by atoms with E-state index in [1.165, 1.54) is 57.8 Å². The molecule has 1 saturated carbocycles. The molecule has 0 N–H and O–H groups in total. The molecule has 1 fully saturated rings. The van der Waals surface area contributed by atoms with Gasteiger partial charge in [0.15, 0.2) is 0 Å². The third-order valence-corrected chi connectivity index (χ3v) is 4.10. The first kappa shape index (κ1) is 15.5. The molecule has 0 aromatic rings. The summed E-state index contributed by atoms with van der Waals surface area (Å²) in [4.78, 5) is 11.5. The second-order valence-corrected chi connectivity index (χ2v) is 5.76. The molecule has 0 aromatic carbocycles. The van der Waals surface area contributed by atoms with Gasteiger partial charge in [0.25, 0.3) is 0 Å². The minimum atomic E-state index is -0.0288. The normalized spacial score (nSPS) is 27.9. The van der Waals surface area contributed by atoms with Gasteiger partial charge in [0, 0.05) is 6.42 Å². The van der Waals surface area contributed by atoms with Crippen molar-refractivity contribution in [2.75, 3.05) is 0 Å². The van der Waals surface area contributed by atoms with Crippen molar-refractivity contribution in [3.05, 3.63) is 0 Å². The summed E-state index contributed by atoms with van der Waals surface area (Å²) >= 11 is 0. The highest BCUT2D eigenvalue weighted by Crippen LogP contribution is 2.23. The lowest BCUT2D eigenvalue weighted by atomic mass is 9.92. The molecule has 2 heteroatoms.